The van der Waals surface area contributed by atoms with E-state index in [1.54, 1.807) is 23.4 Å². The molecule has 2 rings (SSSR count). The summed E-state index contributed by atoms with van der Waals surface area (Å²) in [7, 11) is -1.22. The molecule has 21 heavy (non-hydrogen) atoms. The number of hydrogen-bond acceptors (Lipinski definition) is 5. The van der Waals surface area contributed by atoms with Gasteiger partial charge in [0.1, 0.15) is 5.60 Å². The highest BCUT2D eigenvalue weighted by atomic mass is 32.2. The summed E-state index contributed by atoms with van der Waals surface area (Å²) in [6, 6.07) is 1.69. The van der Waals surface area contributed by atoms with Gasteiger partial charge in [-0.3, -0.25) is 4.21 Å². The van der Waals surface area contributed by atoms with E-state index < -0.39 is 16.4 Å². The molecule has 0 bridgehead atoms. The van der Waals surface area contributed by atoms with Gasteiger partial charge in [0.15, 0.2) is 0 Å². The molecule has 1 aromatic rings. The number of nitrogens with zero attached hydrogens (tertiary/aromatic N) is 3. The van der Waals surface area contributed by atoms with Gasteiger partial charge in [-0.15, -0.1) is 0 Å². The Balaban J connectivity index is 1.86. The Morgan fingerprint density at radius 1 is 1.43 bits per heavy atom. The first-order valence-electron chi connectivity index (χ1n) is 6.98. The molecule has 0 spiro atoms. The third-order valence-electron chi connectivity index (χ3n) is 3.07. The third-order valence-corrected chi connectivity index (χ3v) is 4.46. The maximum atomic E-state index is 12.2. The Morgan fingerprint density at radius 3 is 2.71 bits per heavy atom. The van der Waals surface area contributed by atoms with Crippen LogP contribution < -0.4 is 0 Å². The molecule has 1 aliphatic heterocycles. The molecule has 1 saturated heterocycles. The first-order valence-corrected chi connectivity index (χ1v) is 8.30. The second-order valence-corrected chi connectivity index (χ2v) is 7.51. The van der Waals surface area contributed by atoms with Crippen LogP contribution in [0.2, 0.25) is 0 Å². The predicted octanol–water partition coefficient (Wildman–Crippen LogP) is 1.84. The molecule has 116 valence electrons. The van der Waals surface area contributed by atoms with Crippen LogP contribution in [0.25, 0.3) is 0 Å². The molecule has 1 amide bonds. The fourth-order valence-corrected chi connectivity index (χ4v) is 3.36. The maximum Gasteiger partial charge on any atom is 0.410 e. The number of rotatable bonds is 3. The summed E-state index contributed by atoms with van der Waals surface area (Å²) in [4.78, 5) is 21.7. The van der Waals surface area contributed by atoms with Crippen molar-refractivity contribution < 1.29 is 13.7 Å². The fourth-order valence-electron chi connectivity index (χ4n) is 2.15. The molecule has 7 heteroatoms. The molecule has 1 aliphatic rings. The lowest BCUT2D eigenvalue weighted by Gasteiger charge is -2.24. The molecule has 2 heterocycles. The van der Waals surface area contributed by atoms with Crippen molar-refractivity contribution >= 4 is 16.9 Å². The van der Waals surface area contributed by atoms with Gasteiger partial charge in [-0.2, -0.15) is 0 Å². The Morgan fingerprint density at radius 2 is 2.10 bits per heavy atom. The number of ether oxygens (including phenoxy) is 1. The van der Waals surface area contributed by atoms with E-state index in [4.69, 9.17) is 4.74 Å². The summed E-state index contributed by atoms with van der Waals surface area (Å²) in [5, 5.41) is 0.355. The standard InChI is InChI=1S/C14H21N3O3S/c1-14(2,3)20-13(18)17-8-5-11(9-17)10-21(19)12-15-6-4-7-16-12/h4,6-7,11H,5,8-10H2,1-3H3. The minimum atomic E-state index is -1.22. The van der Waals surface area contributed by atoms with E-state index in [1.807, 2.05) is 20.8 Å². The fraction of sp³-hybridized carbons (Fsp3) is 0.643. The number of carbonyl (C=O) groups is 1. The van der Waals surface area contributed by atoms with E-state index in [0.29, 0.717) is 24.0 Å². The van der Waals surface area contributed by atoms with Crippen LogP contribution in [0, 0.1) is 5.92 Å². The average molecular weight is 311 g/mol. The first kappa shape index (κ1) is 15.9. The molecule has 2 unspecified atom stereocenters. The summed E-state index contributed by atoms with van der Waals surface area (Å²) in [5.74, 6) is 0.672. The smallest absolute Gasteiger partial charge is 0.410 e. The Bertz CT molecular complexity index is 516. The van der Waals surface area contributed by atoms with Crippen molar-refractivity contribution in [2.45, 2.75) is 37.9 Å². The zero-order chi connectivity index (χ0) is 15.5. The van der Waals surface area contributed by atoms with Gasteiger partial charge in [-0.05, 0) is 39.2 Å². The van der Waals surface area contributed by atoms with Crippen LogP contribution in [-0.4, -0.2) is 49.6 Å². The molecule has 1 fully saturated rings. The Hall–Kier alpha value is -1.50. The summed E-state index contributed by atoms with van der Waals surface area (Å²) < 4.78 is 17.5. The largest absolute Gasteiger partial charge is 0.444 e. The SMILES string of the molecule is CC(C)(C)OC(=O)N1CCC(CS(=O)c2ncccn2)C1. The summed E-state index contributed by atoms with van der Waals surface area (Å²) >= 11 is 0. The number of likely N-dealkylation sites (tertiary alicyclic amines) is 1. The van der Waals surface area contributed by atoms with Gasteiger partial charge in [0.2, 0.25) is 5.16 Å². The quantitative estimate of drug-likeness (QED) is 0.797. The zero-order valence-electron chi connectivity index (χ0n) is 12.6. The summed E-state index contributed by atoms with van der Waals surface area (Å²) in [5.41, 5.74) is -0.490. The predicted molar refractivity (Wildman–Crippen MR) is 79.2 cm³/mol. The van der Waals surface area contributed by atoms with Crippen LogP contribution in [0.15, 0.2) is 23.6 Å². The second kappa shape index (κ2) is 6.51. The van der Waals surface area contributed by atoms with Gasteiger partial charge in [-0.1, -0.05) is 0 Å². The summed E-state index contributed by atoms with van der Waals surface area (Å²) in [6.07, 6.45) is 3.70. The van der Waals surface area contributed by atoms with Crippen LogP contribution in [-0.2, 0) is 15.5 Å². The lowest BCUT2D eigenvalue weighted by atomic mass is 10.2. The first-order chi connectivity index (χ1) is 9.85. The molecule has 0 aromatic carbocycles. The van der Waals surface area contributed by atoms with Crippen LogP contribution >= 0.6 is 0 Å². The molecule has 0 N–H and O–H groups in total. The number of hydrogen-bond donors (Lipinski definition) is 0. The van der Waals surface area contributed by atoms with Crippen molar-refractivity contribution in [2.75, 3.05) is 18.8 Å². The van der Waals surface area contributed by atoms with Crippen molar-refractivity contribution in [3.8, 4) is 0 Å². The monoisotopic (exact) mass is 311 g/mol. The number of aromatic nitrogens is 2. The van der Waals surface area contributed by atoms with Crippen molar-refractivity contribution in [1.29, 1.82) is 0 Å². The number of carbonyl (C=O) groups excluding carboxylic acids is 1. The van der Waals surface area contributed by atoms with E-state index >= 15 is 0 Å². The summed E-state index contributed by atoms with van der Waals surface area (Å²) in [6.45, 7) is 6.76. The van der Waals surface area contributed by atoms with E-state index in [1.165, 1.54) is 0 Å². The van der Waals surface area contributed by atoms with Crippen LogP contribution in [0.4, 0.5) is 4.79 Å². The maximum absolute atomic E-state index is 12.2. The number of amides is 1. The van der Waals surface area contributed by atoms with Crippen molar-refractivity contribution in [3.63, 3.8) is 0 Å². The molecular weight excluding hydrogens is 290 g/mol. The highest BCUT2D eigenvalue weighted by Gasteiger charge is 2.31. The second-order valence-electron chi connectivity index (χ2n) is 6.12. The minimum Gasteiger partial charge on any atom is -0.444 e. The lowest BCUT2D eigenvalue weighted by Crippen LogP contribution is -2.35. The highest BCUT2D eigenvalue weighted by Crippen LogP contribution is 2.21. The van der Waals surface area contributed by atoms with Gasteiger partial charge in [-0.25, -0.2) is 14.8 Å². The molecule has 0 saturated carbocycles. The van der Waals surface area contributed by atoms with Gasteiger partial charge in [0.05, 0.1) is 10.8 Å². The van der Waals surface area contributed by atoms with Crippen molar-refractivity contribution in [3.05, 3.63) is 18.5 Å². The normalized spacial score (nSPS) is 20.3. The molecular formula is C14H21N3O3S. The molecule has 0 radical (unpaired) electrons. The lowest BCUT2D eigenvalue weighted by molar-refractivity contribution is 0.0289. The van der Waals surface area contributed by atoms with Crippen LogP contribution in [0.5, 0.6) is 0 Å². The molecule has 1 aromatic heterocycles. The van der Waals surface area contributed by atoms with E-state index in [2.05, 4.69) is 9.97 Å². The van der Waals surface area contributed by atoms with Crippen molar-refractivity contribution in [1.82, 2.24) is 14.9 Å². The molecule has 2 atom stereocenters. The van der Waals surface area contributed by atoms with Gasteiger partial charge < -0.3 is 9.64 Å². The molecule has 0 aliphatic carbocycles. The van der Waals surface area contributed by atoms with Crippen LogP contribution in [0.3, 0.4) is 0 Å². The van der Waals surface area contributed by atoms with Crippen LogP contribution in [0.1, 0.15) is 27.2 Å². The third kappa shape index (κ3) is 4.77. The van der Waals surface area contributed by atoms with Gasteiger partial charge >= 0.3 is 6.09 Å². The topological polar surface area (TPSA) is 72.4 Å². The van der Waals surface area contributed by atoms with Crippen molar-refractivity contribution in [2.24, 2.45) is 5.92 Å². The Kier molecular flexibility index (Phi) is 4.92. The highest BCUT2D eigenvalue weighted by molar-refractivity contribution is 7.84. The Labute approximate surface area is 127 Å². The minimum absolute atomic E-state index is 0.196. The van der Waals surface area contributed by atoms with Gasteiger partial charge in [0, 0.05) is 31.2 Å². The van der Waals surface area contributed by atoms with Gasteiger partial charge in [0.25, 0.3) is 0 Å². The van der Waals surface area contributed by atoms with E-state index in [-0.39, 0.29) is 12.0 Å². The van der Waals surface area contributed by atoms with E-state index in [9.17, 15) is 9.00 Å². The molecule has 6 nitrogen and oxygen atoms in total. The average Bonchev–Trinajstić information content (AvgIpc) is 2.86. The van der Waals surface area contributed by atoms with E-state index in [0.717, 1.165) is 6.42 Å². The zero-order valence-corrected chi connectivity index (χ0v) is 13.4.